The van der Waals surface area contributed by atoms with Crippen LogP contribution in [-0.4, -0.2) is 35.5 Å². The summed E-state index contributed by atoms with van der Waals surface area (Å²) in [5, 5.41) is 12.5. The highest BCUT2D eigenvalue weighted by Crippen LogP contribution is 2.13. The summed E-state index contributed by atoms with van der Waals surface area (Å²) in [5.41, 5.74) is 1.03. The predicted octanol–water partition coefficient (Wildman–Crippen LogP) is 1.49. The number of phenolic OH excluding ortho intramolecular Hbond substituents is 1. The molecule has 1 aliphatic rings. The molecule has 0 saturated carbocycles. The lowest BCUT2D eigenvalue weighted by Crippen LogP contribution is -2.46. The van der Waals surface area contributed by atoms with E-state index in [1.54, 1.807) is 17.0 Å². The number of carbonyl (C=O) groups excluding carboxylic acids is 1. The van der Waals surface area contributed by atoms with Crippen molar-refractivity contribution in [2.75, 3.05) is 13.6 Å². The lowest BCUT2D eigenvalue weighted by atomic mass is 10.0. The van der Waals surface area contributed by atoms with Crippen LogP contribution in [0.5, 0.6) is 5.75 Å². The molecule has 0 bridgehead atoms. The van der Waals surface area contributed by atoms with Crippen LogP contribution in [-0.2, 0) is 11.3 Å². The molecular formula is C14H20N2O2. The molecule has 0 radical (unpaired) electrons. The first-order valence-corrected chi connectivity index (χ1v) is 6.43. The number of phenols is 1. The average molecular weight is 248 g/mol. The highest BCUT2D eigenvalue weighted by molar-refractivity contribution is 5.81. The van der Waals surface area contributed by atoms with Crippen LogP contribution in [0.3, 0.4) is 0 Å². The van der Waals surface area contributed by atoms with Gasteiger partial charge in [-0.3, -0.25) is 4.79 Å². The van der Waals surface area contributed by atoms with E-state index in [9.17, 15) is 9.90 Å². The van der Waals surface area contributed by atoms with E-state index in [-0.39, 0.29) is 17.7 Å². The van der Waals surface area contributed by atoms with Crippen LogP contribution >= 0.6 is 0 Å². The molecule has 18 heavy (non-hydrogen) atoms. The van der Waals surface area contributed by atoms with Gasteiger partial charge in [0.1, 0.15) is 5.75 Å². The Kier molecular flexibility index (Phi) is 4.20. The zero-order valence-corrected chi connectivity index (χ0v) is 10.7. The molecule has 4 nitrogen and oxygen atoms in total. The van der Waals surface area contributed by atoms with Crippen molar-refractivity contribution < 1.29 is 9.90 Å². The van der Waals surface area contributed by atoms with Crippen LogP contribution in [0.4, 0.5) is 0 Å². The molecule has 0 unspecified atom stereocenters. The summed E-state index contributed by atoms with van der Waals surface area (Å²) >= 11 is 0. The van der Waals surface area contributed by atoms with Crippen LogP contribution in [0.1, 0.15) is 24.8 Å². The maximum Gasteiger partial charge on any atom is 0.239 e. The lowest BCUT2D eigenvalue weighted by Gasteiger charge is -2.27. The molecule has 1 aliphatic heterocycles. The number of hydrogen-bond acceptors (Lipinski definition) is 3. The van der Waals surface area contributed by atoms with Crippen LogP contribution < -0.4 is 5.32 Å². The van der Waals surface area contributed by atoms with Crippen molar-refractivity contribution in [1.82, 2.24) is 10.2 Å². The zero-order valence-electron chi connectivity index (χ0n) is 10.7. The van der Waals surface area contributed by atoms with Crippen LogP contribution in [0.15, 0.2) is 24.3 Å². The molecule has 0 aromatic heterocycles. The number of aromatic hydroxyl groups is 1. The number of benzene rings is 1. The maximum absolute atomic E-state index is 12.2. The van der Waals surface area contributed by atoms with E-state index in [0.717, 1.165) is 31.4 Å². The fourth-order valence-corrected chi connectivity index (χ4v) is 2.28. The second-order valence-electron chi connectivity index (χ2n) is 4.86. The molecule has 1 atom stereocenters. The number of hydrogen-bond donors (Lipinski definition) is 2. The Bertz CT molecular complexity index is 397. The highest BCUT2D eigenvalue weighted by Gasteiger charge is 2.23. The molecule has 2 rings (SSSR count). The van der Waals surface area contributed by atoms with Crippen LogP contribution in [0, 0.1) is 0 Å². The highest BCUT2D eigenvalue weighted by atomic mass is 16.3. The molecule has 1 aromatic rings. The number of nitrogens with zero attached hydrogens (tertiary/aromatic N) is 1. The first-order chi connectivity index (χ1) is 8.66. The van der Waals surface area contributed by atoms with Gasteiger partial charge in [-0.2, -0.15) is 0 Å². The van der Waals surface area contributed by atoms with Gasteiger partial charge in [-0.1, -0.05) is 18.6 Å². The van der Waals surface area contributed by atoms with Gasteiger partial charge in [0.15, 0.2) is 0 Å². The largest absolute Gasteiger partial charge is 0.508 e. The van der Waals surface area contributed by atoms with Crippen molar-refractivity contribution in [2.24, 2.45) is 0 Å². The number of amides is 1. The molecule has 2 N–H and O–H groups in total. The molecule has 98 valence electrons. The first-order valence-electron chi connectivity index (χ1n) is 6.43. The fraction of sp³-hybridized carbons (Fsp3) is 0.500. The summed E-state index contributed by atoms with van der Waals surface area (Å²) in [7, 11) is 1.82. The summed E-state index contributed by atoms with van der Waals surface area (Å²) in [6.07, 6.45) is 3.21. The van der Waals surface area contributed by atoms with Gasteiger partial charge in [0.25, 0.3) is 0 Å². The van der Waals surface area contributed by atoms with Crippen LogP contribution in [0.2, 0.25) is 0 Å². The first kappa shape index (κ1) is 12.9. The van der Waals surface area contributed by atoms with Gasteiger partial charge in [0, 0.05) is 13.6 Å². The predicted molar refractivity (Wildman–Crippen MR) is 70.2 cm³/mol. The minimum atomic E-state index is -0.0270. The zero-order chi connectivity index (χ0) is 13.0. The lowest BCUT2D eigenvalue weighted by molar-refractivity contribution is -0.133. The Balaban J connectivity index is 1.92. The minimum absolute atomic E-state index is 0.0270. The van der Waals surface area contributed by atoms with Crippen molar-refractivity contribution in [3.8, 4) is 5.75 Å². The smallest absolute Gasteiger partial charge is 0.239 e. The van der Waals surface area contributed by atoms with Gasteiger partial charge in [0.2, 0.25) is 5.91 Å². The van der Waals surface area contributed by atoms with E-state index >= 15 is 0 Å². The number of piperidine rings is 1. The Labute approximate surface area is 108 Å². The molecule has 1 amide bonds. The van der Waals surface area contributed by atoms with Gasteiger partial charge in [-0.15, -0.1) is 0 Å². The Morgan fingerprint density at radius 3 is 2.72 bits per heavy atom. The van der Waals surface area contributed by atoms with E-state index in [4.69, 9.17) is 0 Å². The van der Waals surface area contributed by atoms with Gasteiger partial charge in [-0.05, 0) is 37.1 Å². The average Bonchev–Trinajstić information content (AvgIpc) is 2.41. The van der Waals surface area contributed by atoms with E-state index in [0.29, 0.717) is 6.54 Å². The summed E-state index contributed by atoms with van der Waals surface area (Å²) in [5.74, 6) is 0.407. The maximum atomic E-state index is 12.2. The normalized spacial score (nSPS) is 19.5. The molecule has 1 fully saturated rings. The standard InChI is InChI=1S/C14H20N2O2/c1-16(10-11-5-7-12(17)8-6-11)14(18)13-4-2-3-9-15-13/h5-8,13,15,17H,2-4,9-10H2,1H3/t13-/m1/s1. The second-order valence-corrected chi connectivity index (χ2v) is 4.86. The molecular weight excluding hydrogens is 228 g/mol. The van der Waals surface area contributed by atoms with Crippen molar-refractivity contribution in [2.45, 2.75) is 31.8 Å². The quantitative estimate of drug-likeness (QED) is 0.852. The monoisotopic (exact) mass is 248 g/mol. The van der Waals surface area contributed by atoms with E-state index in [1.165, 1.54) is 0 Å². The topological polar surface area (TPSA) is 52.6 Å². The van der Waals surface area contributed by atoms with Gasteiger partial charge >= 0.3 is 0 Å². The van der Waals surface area contributed by atoms with Gasteiger partial charge in [-0.25, -0.2) is 0 Å². The molecule has 0 aliphatic carbocycles. The molecule has 1 aromatic carbocycles. The third kappa shape index (κ3) is 3.23. The van der Waals surface area contributed by atoms with Crippen molar-refractivity contribution in [1.29, 1.82) is 0 Å². The number of carbonyl (C=O) groups is 1. The van der Waals surface area contributed by atoms with E-state index in [2.05, 4.69) is 5.32 Å². The fourth-order valence-electron chi connectivity index (χ4n) is 2.28. The molecule has 1 saturated heterocycles. The molecule has 0 spiro atoms. The molecule has 4 heteroatoms. The Morgan fingerprint density at radius 1 is 1.39 bits per heavy atom. The van der Waals surface area contributed by atoms with Crippen molar-refractivity contribution >= 4 is 5.91 Å². The molecule has 1 heterocycles. The Hall–Kier alpha value is -1.55. The number of likely N-dealkylation sites (N-methyl/N-ethyl adjacent to an activating group) is 1. The summed E-state index contributed by atoms with van der Waals surface area (Å²) in [6.45, 7) is 1.51. The summed E-state index contributed by atoms with van der Waals surface area (Å²) in [6, 6.07) is 6.95. The SMILES string of the molecule is CN(Cc1ccc(O)cc1)C(=O)[C@H]1CCCCN1. The number of rotatable bonds is 3. The van der Waals surface area contributed by atoms with Crippen molar-refractivity contribution in [3.63, 3.8) is 0 Å². The van der Waals surface area contributed by atoms with E-state index in [1.807, 2.05) is 19.2 Å². The third-order valence-electron chi connectivity index (χ3n) is 3.34. The Morgan fingerprint density at radius 2 is 2.11 bits per heavy atom. The third-order valence-corrected chi connectivity index (χ3v) is 3.34. The summed E-state index contributed by atoms with van der Waals surface area (Å²) in [4.78, 5) is 13.9. The van der Waals surface area contributed by atoms with E-state index < -0.39 is 0 Å². The van der Waals surface area contributed by atoms with Gasteiger partial charge < -0.3 is 15.3 Å². The second kappa shape index (κ2) is 5.87. The number of nitrogens with one attached hydrogen (secondary N) is 1. The van der Waals surface area contributed by atoms with Gasteiger partial charge in [0.05, 0.1) is 6.04 Å². The minimum Gasteiger partial charge on any atom is -0.508 e. The van der Waals surface area contributed by atoms with Crippen molar-refractivity contribution in [3.05, 3.63) is 29.8 Å². The van der Waals surface area contributed by atoms with Crippen LogP contribution in [0.25, 0.3) is 0 Å². The summed E-state index contributed by atoms with van der Waals surface area (Å²) < 4.78 is 0.